The van der Waals surface area contributed by atoms with Gasteiger partial charge < -0.3 is 5.73 Å². The highest BCUT2D eigenvalue weighted by atomic mass is 14.6. The summed E-state index contributed by atoms with van der Waals surface area (Å²) in [5.74, 6) is 0.701. The molecule has 0 aromatic rings. The third kappa shape index (κ3) is 4.80. The summed E-state index contributed by atoms with van der Waals surface area (Å²) in [6.07, 6.45) is 5.31. The largest absolute Gasteiger partial charge is 0.328 e. The molecule has 2 atom stereocenters. The number of rotatable bonds is 5. The lowest BCUT2D eigenvalue weighted by Crippen LogP contribution is -2.23. The van der Waals surface area contributed by atoms with E-state index < -0.39 is 0 Å². The van der Waals surface area contributed by atoms with Crippen LogP contribution in [0.2, 0.25) is 0 Å². The topological polar surface area (TPSA) is 26.0 Å². The van der Waals surface area contributed by atoms with Gasteiger partial charge in [0.2, 0.25) is 0 Å². The Labute approximate surface area is 65.0 Å². The Bertz CT molecular complexity index is 69.1. The van der Waals surface area contributed by atoms with Crippen LogP contribution in [0.25, 0.3) is 0 Å². The van der Waals surface area contributed by atoms with Crippen LogP contribution in [0.1, 0.15) is 46.5 Å². The second kappa shape index (κ2) is 5.72. The summed E-state index contributed by atoms with van der Waals surface area (Å²) in [5, 5.41) is 0. The van der Waals surface area contributed by atoms with E-state index in [4.69, 9.17) is 5.73 Å². The zero-order chi connectivity index (χ0) is 7.98. The average molecular weight is 143 g/mol. The molecule has 0 amide bonds. The molecule has 0 rings (SSSR count). The van der Waals surface area contributed by atoms with Crippen LogP contribution in [0.5, 0.6) is 0 Å². The minimum Gasteiger partial charge on any atom is -0.328 e. The van der Waals surface area contributed by atoms with Crippen molar-refractivity contribution in [3.63, 3.8) is 0 Å². The molecule has 0 saturated carbocycles. The Morgan fingerprint density at radius 2 is 1.80 bits per heavy atom. The summed E-state index contributed by atoms with van der Waals surface area (Å²) in [7, 11) is 0. The van der Waals surface area contributed by atoms with Gasteiger partial charge in [-0.05, 0) is 19.3 Å². The first-order chi connectivity index (χ1) is 4.68. The molecule has 0 aliphatic heterocycles. The van der Waals surface area contributed by atoms with Crippen LogP contribution in [0.3, 0.4) is 0 Å². The van der Waals surface area contributed by atoms with Crippen LogP contribution in [0.15, 0.2) is 0 Å². The summed E-state index contributed by atoms with van der Waals surface area (Å²) >= 11 is 0. The van der Waals surface area contributed by atoms with Gasteiger partial charge >= 0.3 is 0 Å². The van der Waals surface area contributed by atoms with Crippen molar-refractivity contribution in [2.24, 2.45) is 11.7 Å². The van der Waals surface area contributed by atoms with E-state index >= 15 is 0 Å². The summed E-state index contributed by atoms with van der Waals surface area (Å²) in [6.45, 7) is 6.56. The Morgan fingerprint density at radius 3 is 2.20 bits per heavy atom. The molecule has 0 aliphatic carbocycles. The normalized spacial score (nSPS) is 16.8. The van der Waals surface area contributed by atoms with Crippen molar-refractivity contribution in [3.8, 4) is 0 Å². The molecule has 1 unspecified atom stereocenters. The maximum Gasteiger partial charge on any atom is 0.00361 e. The van der Waals surface area contributed by atoms with Crippen molar-refractivity contribution in [2.45, 2.75) is 52.5 Å². The predicted octanol–water partition coefficient (Wildman–Crippen LogP) is 2.55. The van der Waals surface area contributed by atoms with E-state index in [1.165, 1.54) is 25.7 Å². The lowest BCUT2D eigenvalue weighted by Gasteiger charge is -2.14. The quantitative estimate of drug-likeness (QED) is 0.588. The average Bonchev–Trinajstić information content (AvgIpc) is 1.88. The second-order valence-corrected chi connectivity index (χ2v) is 3.33. The molecular weight excluding hydrogens is 122 g/mol. The first kappa shape index (κ1) is 9.96. The van der Waals surface area contributed by atoms with Gasteiger partial charge in [-0.15, -0.1) is 0 Å². The third-order valence-electron chi connectivity index (χ3n) is 2.16. The van der Waals surface area contributed by atoms with E-state index in [9.17, 15) is 0 Å². The number of hydrogen-bond donors (Lipinski definition) is 1. The second-order valence-electron chi connectivity index (χ2n) is 3.33. The van der Waals surface area contributed by atoms with Crippen LogP contribution in [-0.2, 0) is 0 Å². The summed E-state index contributed by atoms with van der Waals surface area (Å²) < 4.78 is 0. The van der Waals surface area contributed by atoms with E-state index in [0.29, 0.717) is 12.0 Å². The number of nitrogens with two attached hydrogens (primary N) is 1. The van der Waals surface area contributed by atoms with Gasteiger partial charge in [0.25, 0.3) is 0 Å². The molecule has 0 radical (unpaired) electrons. The Balaban J connectivity index is 3.13. The Kier molecular flexibility index (Phi) is 5.70. The van der Waals surface area contributed by atoms with Gasteiger partial charge in [-0.3, -0.25) is 0 Å². The Hall–Kier alpha value is -0.0400. The first-order valence-corrected chi connectivity index (χ1v) is 4.44. The van der Waals surface area contributed by atoms with Crippen molar-refractivity contribution in [1.29, 1.82) is 0 Å². The zero-order valence-corrected chi connectivity index (χ0v) is 7.56. The van der Waals surface area contributed by atoms with Crippen molar-refractivity contribution in [1.82, 2.24) is 0 Å². The van der Waals surface area contributed by atoms with Gasteiger partial charge in [0.05, 0.1) is 0 Å². The molecule has 1 nitrogen and oxygen atoms in total. The van der Waals surface area contributed by atoms with Crippen molar-refractivity contribution in [3.05, 3.63) is 0 Å². The molecule has 2 N–H and O–H groups in total. The fourth-order valence-electron chi connectivity index (χ4n) is 0.979. The molecule has 0 heterocycles. The van der Waals surface area contributed by atoms with Crippen LogP contribution in [-0.4, -0.2) is 6.04 Å². The molecule has 0 saturated heterocycles. The van der Waals surface area contributed by atoms with Gasteiger partial charge in [0.1, 0.15) is 0 Å². The van der Waals surface area contributed by atoms with Gasteiger partial charge in [0.15, 0.2) is 0 Å². The van der Waals surface area contributed by atoms with E-state index in [1.54, 1.807) is 0 Å². The lowest BCUT2D eigenvalue weighted by atomic mass is 9.97. The molecule has 0 aromatic heterocycles. The van der Waals surface area contributed by atoms with Crippen LogP contribution in [0, 0.1) is 5.92 Å². The molecule has 1 heteroatoms. The van der Waals surface area contributed by atoms with Crippen molar-refractivity contribution >= 4 is 0 Å². The van der Waals surface area contributed by atoms with Gasteiger partial charge in [-0.2, -0.15) is 0 Å². The molecule has 62 valence electrons. The first-order valence-electron chi connectivity index (χ1n) is 4.44. The van der Waals surface area contributed by atoms with E-state index in [2.05, 4.69) is 20.8 Å². The number of unbranched alkanes of at least 4 members (excludes halogenated alkanes) is 2. The lowest BCUT2D eigenvalue weighted by molar-refractivity contribution is 0.429. The van der Waals surface area contributed by atoms with Crippen LogP contribution < -0.4 is 5.73 Å². The standard InChI is InChI=1S/C9H21N/c1-4-5-6-7-8(2)9(3)10/h8-9H,4-7,10H2,1-3H3/t8?,9-/m1/s1. The highest BCUT2D eigenvalue weighted by Gasteiger charge is 2.05. The monoisotopic (exact) mass is 143 g/mol. The maximum atomic E-state index is 5.72. The van der Waals surface area contributed by atoms with Crippen molar-refractivity contribution in [2.75, 3.05) is 0 Å². The minimum absolute atomic E-state index is 0.372. The summed E-state index contributed by atoms with van der Waals surface area (Å²) in [5.41, 5.74) is 5.72. The molecule has 0 fully saturated rings. The summed E-state index contributed by atoms with van der Waals surface area (Å²) in [6, 6.07) is 0.372. The zero-order valence-electron chi connectivity index (χ0n) is 7.56. The fourth-order valence-corrected chi connectivity index (χ4v) is 0.979. The number of hydrogen-bond acceptors (Lipinski definition) is 1. The van der Waals surface area contributed by atoms with E-state index in [0.717, 1.165) is 0 Å². The van der Waals surface area contributed by atoms with Gasteiger partial charge in [-0.1, -0.05) is 33.1 Å². The van der Waals surface area contributed by atoms with Gasteiger partial charge in [0, 0.05) is 6.04 Å². The van der Waals surface area contributed by atoms with E-state index in [1.807, 2.05) is 0 Å². The highest BCUT2D eigenvalue weighted by molar-refractivity contribution is 4.62. The maximum absolute atomic E-state index is 5.72. The Morgan fingerprint density at radius 1 is 1.20 bits per heavy atom. The van der Waals surface area contributed by atoms with Crippen LogP contribution in [0.4, 0.5) is 0 Å². The molecule has 0 aromatic carbocycles. The molecule has 10 heavy (non-hydrogen) atoms. The van der Waals surface area contributed by atoms with Crippen LogP contribution >= 0.6 is 0 Å². The van der Waals surface area contributed by atoms with Gasteiger partial charge in [-0.25, -0.2) is 0 Å². The smallest absolute Gasteiger partial charge is 0.00361 e. The van der Waals surface area contributed by atoms with E-state index in [-0.39, 0.29) is 0 Å². The third-order valence-corrected chi connectivity index (χ3v) is 2.16. The summed E-state index contributed by atoms with van der Waals surface area (Å²) in [4.78, 5) is 0. The predicted molar refractivity (Wildman–Crippen MR) is 47.0 cm³/mol. The molecule has 0 spiro atoms. The minimum atomic E-state index is 0.372. The van der Waals surface area contributed by atoms with Crippen molar-refractivity contribution < 1.29 is 0 Å². The SMILES string of the molecule is CCCCCC(C)[C@@H](C)N. The molecular formula is C9H21N. The fraction of sp³-hybridized carbons (Fsp3) is 1.00. The molecule has 0 aliphatic rings. The molecule has 0 bridgehead atoms. The highest BCUT2D eigenvalue weighted by Crippen LogP contribution is 2.11.